The van der Waals surface area contributed by atoms with Crippen molar-refractivity contribution < 1.29 is 19.9 Å². The number of nitrogens with zero attached hydrogens (tertiary/aromatic N) is 1. The normalized spacial score (nSPS) is 12.0. The van der Waals surface area contributed by atoms with Crippen molar-refractivity contribution in [3.8, 4) is 0 Å². The first-order valence-electron chi connectivity index (χ1n) is 3.66. The van der Waals surface area contributed by atoms with Gasteiger partial charge in [0.05, 0.1) is 19.8 Å². The number of quaternary nitrogens is 1. The summed E-state index contributed by atoms with van der Waals surface area (Å²) < 4.78 is 0.0312. The molecule has 0 amide bonds. The predicted molar refractivity (Wildman–Crippen MR) is 40.3 cm³/mol. The van der Waals surface area contributed by atoms with Gasteiger partial charge in [-0.15, -0.1) is 0 Å². The molecule has 0 aliphatic rings. The van der Waals surface area contributed by atoms with Crippen LogP contribution in [-0.2, 0) is 0 Å². The van der Waals surface area contributed by atoms with E-state index in [1.165, 1.54) is 0 Å². The topological polar surface area (TPSA) is 86.7 Å². The van der Waals surface area contributed by atoms with Gasteiger partial charge in [0.2, 0.25) is 0 Å². The van der Waals surface area contributed by atoms with Crippen LogP contribution in [0.1, 0.15) is 0 Å². The number of rotatable bonds is 6. The van der Waals surface area contributed by atoms with Gasteiger partial charge in [-0.2, -0.15) is 5.84 Å². The lowest BCUT2D eigenvalue weighted by atomic mass is 10.4. The molecule has 5 N–H and O–H groups in total. The zero-order valence-electron chi connectivity index (χ0n) is 6.61. The number of aliphatic hydroxyl groups excluding tert-OH is 3. The Labute approximate surface area is 66.2 Å². The van der Waals surface area contributed by atoms with Crippen LogP contribution >= 0.6 is 0 Å². The highest BCUT2D eigenvalue weighted by atomic mass is 16.3. The maximum Gasteiger partial charge on any atom is 0.120 e. The van der Waals surface area contributed by atoms with E-state index in [9.17, 15) is 0 Å². The number of nitrogens with two attached hydrogens (primary N) is 1. The minimum atomic E-state index is -0.0312. The fourth-order valence-electron chi connectivity index (χ4n) is 0.933. The van der Waals surface area contributed by atoms with Crippen molar-refractivity contribution in [2.24, 2.45) is 5.84 Å². The van der Waals surface area contributed by atoms with Gasteiger partial charge in [-0.1, -0.05) is 0 Å². The first kappa shape index (κ1) is 10.8. The molecule has 0 radical (unpaired) electrons. The third-order valence-electron chi connectivity index (χ3n) is 1.64. The van der Waals surface area contributed by atoms with Crippen LogP contribution in [0.2, 0.25) is 0 Å². The van der Waals surface area contributed by atoms with Gasteiger partial charge in [-0.05, 0) is 0 Å². The van der Waals surface area contributed by atoms with Gasteiger partial charge < -0.3 is 15.3 Å². The summed E-state index contributed by atoms with van der Waals surface area (Å²) in [5.74, 6) is 5.69. The van der Waals surface area contributed by atoms with Crippen LogP contribution < -0.4 is 5.84 Å². The zero-order chi connectivity index (χ0) is 8.74. The fraction of sp³-hybridized carbons (Fsp3) is 1.00. The van der Waals surface area contributed by atoms with Crippen LogP contribution in [0.25, 0.3) is 0 Å². The van der Waals surface area contributed by atoms with Crippen LogP contribution in [0, 0.1) is 0 Å². The second-order valence-corrected chi connectivity index (χ2v) is 2.56. The molecule has 0 aliphatic carbocycles. The van der Waals surface area contributed by atoms with Gasteiger partial charge in [-0.3, -0.25) is 0 Å². The van der Waals surface area contributed by atoms with E-state index in [1.807, 2.05) is 0 Å². The monoisotopic (exact) mass is 165 g/mol. The van der Waals surface area contributed by atoms with Crippen LogP contribution in [0.3, 0.4) is 0 Å². The van der Waals surface area contributed by atoms with Crippen molar-refractivity contribution in [1.82, 2.24) is 0 Å². The Morgan fingerprint density at radius 2 is 1.09 bits per heavy atom. The molecular weight excluding hydrogens is 148 g/mol. The Morgan fingerprint density at radius 1 is 0.818 bits per heavy atom. The van der Waals surface area contributed by atoms with Crippen molar-refractivity contribution in [3.63, 3.8) is 0 Å². The summed E-state index contributed by atoms with van der Waals surface area (Å²) in [6.07, 6.45) is 0. The molecule has 0 aromatic heterocycles. The van der Waals surface area contributed by atoms with Crippen LogP contribution in [0.15, 0.2) is 0 Å². The van der Waals surface area contributed by atoms with Crippen molar-refractivity contribution in [1.29, 1.82) is 0 Å². The highest BCUT2D eigenvalue weighted by Crippen LogP contribution is 1.94. The molecule has 0 saturated carbocycles. The smallest absolute Gasteiger partial charge is 0.120 e. The SMILES string of the molecule is N[N+](CCO)(CCO)CCO. The second kappa shape index (κ2) is 5.45. The van der Waals surface area contributed by atoms with E-state index < -0.39 is 0 Å². The minimum Gasteiger partial charge on any atom is -0.390 e. The summed E-state index contributed by atoms with van der Waals surface area (Å²) in [5.41, 5.74) is 0. The third kappa shape index (κ3) is 4.28. The molecule has 0 atom stereocenters. The lowest BCUT2D eigenvalue weighted by Gasteiger charge is -2.30. The molecule has 0 aliphatic heterocycles. The molecule has 0 bridgehead atoms. The first-order valence-corrected chi connectivity index (χ1v) is 3.66. The highest BCUT2D eigenvalue weighted by Gasteiger charge is 2.20. The van der Waals surface area contributed by atoms with Gasteiger partial charge >= 0.3 is 0 Å². The quantitative estimate of drug-likeness (QED) is 0.202. The Kier molecular flexibility index (Phi) is 5.35. The van der Waals surface area contributed by atoms with E-state index in [2.05, 4.69) is 0 Å². The Balaban J connectivity index is 3.79. The predicted octanol–water partition coefficient (Wildman–Crippen LogP) is -2.35. The molecule has 0 spiro atoms. The second-order valence-electron chi connectivity index (χ2n) is 2.56. The van der Waals surface area contributed by atoms with Crippen molar-refractivity contribution in [2.45, 2.75) is 0 Å². The lowest BCUT2D eigenvalue weighted by Crippen LogP contribution is -2.58. The molecule has 68 valence electrons. The van der Waals surface area contributed by atoms with Gasteiger partial charge in [0.25, 0.3) is 0 Å². The molecule has 0 saturated heterocycles. The zero-order valence-corrected chi connectivity index (χ0v) is 6.61. The summed E-state index contributed by atoms with van der Waals surface area (Å²) in [6, 6.07) is 0. The van der Waals surface area contributed by atoms with Crippen molar-refractivity contribution in [2.75, 3.05) is 39.5 Å². The molecule has 0 unspecified atom stereocenters. The molecule has 11 heavy (non-hydrogen) atoms. The molecule has 0 fully saturated rings. The average Bonchev–Trinajstić information content (AvgIpc) is 1.88. The Bertz CT molecular complexity index is 82.8. The van der Waals surface area contributed by atoms with Crippen LogP contribution in [0.5, 0.6) is 0 Å². The van der Waals surface area contributed by atoms with E-state index in [0.29, 0.717) is 19.6 Å². The van der Waals surface area contributed by atoms with Crippen molar-refractivity contribution >= 4 is 0 Å². The van der Waals surface area contributed by atoms with Crippen LogP contribution in [0.4, 0.5) is 0 Å². The van der Waals surface area contributed by atoms with E-state index in [0.717, 1.165) is 0 Å². The number of aliphatic hydroxyl groups is 3. The maximum atomic E-state index is 8.60. The van der Waals surface area contributed by atoms with Gasteiger partial charge in [-0.25, -0.2) is 4.59 Å². The fourth-order valence-corrected chi connectivity index (χ4v) is 0.933. The number of hydrogen-bond acceptors (Lipinski definition) is 4. The highest BCUT2D eigenvalue weighted by molar-refractivity contribution is 4.35. The molecule has 0 aromatic rings. The molecule has 0 rings (SSSR count). The Morgan fingerprint density at radius 3 is 1.27 bits per heavy atom. The third-order valence-corrected chi connectivity index (χ3v) is 1.64. The summed E-state index contributed by atoms with van der Waals surface area (Å²) in [7, 11) is 0. The van der Waals surface area contributed by atoms with Gasteiger partial charge in [0.15, 0.2) is 0 Å². The average molecular weight is 165 g/mol. The standard InChI is InChI=1S/C6H17N2O3/c7-8(1-4-9,2-5-10)3-6-11/h9-11H,1-7H2/q+1. The summed E-state index contributed by atoms with van der Waals surface area (Å²) in [5, 5.41) is 25.8. The number of hydrogen-bond donors (Lipinski definition) is 4. The van der Waals surface area contributed by atoms with Gasteiger partial charge in [0.1, 0.15) is 19.6 Å². The van der Waals surface area contributed by atoms with E-state index in [-0.39, 0.29) is 24.4 Å². The van der Waals surface area contributed by atoms with Crippen LogP contribution in [-0.4, -0.2) is 59.4 Å². The summed E-state index contributed by atoms with van der Waals surface area (Å²) >= 11 is 0. The van der Waals surface area contributed by atoms with E-state index >= 15 is 0 Å². The first-order chi connectivity index (χ1) is 5.18. The Hall–Kier alpha value is -0.200. The summed E-state index contributed by atoms with van der Waals surface area (Å²) in [4.78, 5) is 0. The molecule has 5 heteroatoms. The lowest BCUT2D eigenvalue weighted by molar-refractivity contribution is -0.940. The van der Waals surface area contributed by atoms with E-state index in [1.54, 1.807) is 0 Å². The van der Waals surface area contributed by atoms with Crippen molar-refractivity contribution in [3.05, 3.63) is 0 Å². The molecule has 0 aromatic carbocycles. The van der Waals surface area contributed by atoms with E-state index in [4.69, 9.17) is 21.2 Å². The minimum absolute atomic E-state index is 0.0312. The largest absolute Gasteiger partial charge is 0.390 e. The molecule has 5 nitrogen and oxygen atoms in total. The summed E-state index contributed by atoms with van der Waals surface area (Å²) in [6.45, 7) is 0.993. The molecule has 0 heterocycles. The van der Waals surface area contributed by atoms with Gasteiger partial charge in [0, 0.05) is 0 Å². The molecular formula is C6H17N2O3+. The maximum absolute atomic E-state index is 8.60.